The molecule has 1 aromatic carbocycles. The zero-order chi connectivity index (χ0) is 17.6. The van der Waals surface area contributed by atoms with Crippen LogP contribution < -0.4 is 5.32 Å². The number of hydrogen-bond donors (Lipinski definition) is 1. The van der Waals surface area contributed by atoms with Gasteiger partial charge in [0.05, 0.1) is 11.6 Å². The molecule has 0 saturated heterocycles. The molecule has 1 heterocycles. The fraction of sp³-hybridized carbons (Fsp3) is 0.571. The van der Waals surface area contributed by atoms with Crippen molar-refractivity contribution in [3.63, 3.8) is 0 Å². The third kappa shape index (κ3) is 2.50. The van der Waals surface area contributed by atoms with Crippen molar-refractivity contribution in [1.82, 2.24) is 5.32 Å². The molecule has 130 valence electrons. The molecule has 1 aliphatic heterocycles. The van der Waals surface area contributed by atoms with Gasteiger partial charge >= 0.3 is 0 Å². The van der Waals surface area contributed by atoms with E-state index in [1.54, 1.807) is 7.11 Å². The number of methoxy groups -OCH3 is 1. The van der Waals surface area contributed by atoms with Crippen LogP contribution in [0.15, 0.2) is 11.6 Å². The predicted octanol–water partition coefficient (Wildman–Crippen LogP) is 4.15. The summed E-state index contributed by atoms with van der Waals surface area (Å²) in [5.74, 6) is 0.0821. The third-order valence-corrected chi connectivity index (χ3v) is 6.32. The summed E-state index contributed by atoms with van der Waals surface area (Å²) < 4.78 is 5.61. The molecule has 1 N–H and O–H groups in total. The molecule has 3 nitrogen and oxygen atoms in total. The van der Waals surface area contributed by atoms with Crippen molar-refractivity contribution in [2.24, 2.45) is 0 Å². The quantitative estimate of drug-likeness (QED) is 0.886. The van der Waals surface area contributed by atoms with Crippen LogP contribution >= 0.6 is 0 Å². The van der Waals surface area contributed by atoms with E-state index in [1.807, 2.05) is 0 Å². The summed E-state index contributed by atoms with van der Waals surface area (Å²) in [7, 11) is 1.78. The fourth-order valence-electron chi connectivity index (χ4n) is 4.63. The summed E-state index contributed by atoms with van der Waals surface area (Å²) in [6.07, 6.45) is 4.30. The van der Waals surface area contributed by atoms with Gasteiger partial charge in [-0.25, -0.2) is 0 Å². The highest BCUT2D eigenvalue weighted by Gasteiger charge is 2.46. The van der Waals surface area contributed by atoms with Gasteiger partial charge in [0.25, 0.3) is 5.91 Å². The zero-order valence-corrected chi connectivity index (χ0v) is 15.8. The molecule has 0 radical (unpaired) electrons. The molecule has 0 bridgehead atoms. The molecule has 1 aliphatic carbocycles. The van der Waals surface area contributed by atoms with Crippen LogP contribution in [0.2, 0.25) is 0 Å². The van der Waals surface area contributed by atoms with Gasteiger partial charge in [0.1, 0.15) is 0 Å². The second-order valence-corrected chi connectivity index (χ2v) is 7.63. The molecule has 3 heteroatoms. The molecule has 3 rings (SSSR count). The normalized spacial score (nSPS) is 27.1. The number of aryl methyl sites for hydroxylation is 2. The Labute approximate surface area is 145 Å². The second-order valence-electron chi connectivity index (χ2n) is 7.63. The Kier molecular flexibility index (Phi) is 4.33. The minimum atomic E-state index is -0.219. The Morgan fingerprint density at radius 2 is 1.83 bits per heavy atom. The monoisotopic (exact) mass is 327 g/mol. The molecule has 24 heavy (non-hydrogen) atoms. The van der Waals surface area contributed by atoms with Gasteiger partial charge in [-0.2, -0.15) is 0 Å². The number of ether oxygens (including phenoxy) is 1. The van der Waals surface area contributed by atoms with Gasteiger partial charge in [0.2, 0.25) is 0 Å². The molecule has 1 saturated carbocycles. The summed E-state index contributed by atoms with van der Waals surface area (Å²) in [4.78, 5) is 12.9. The summed E-state index contributed by atoms with van der Waals surface area (Å²) in [6, 6.07) is 2.20. The second kappa shape index (κ2) is 6.03. The average molecular weight is 327 g/mol. The maximum absolute atomic E-state index is 12.9. The number of hydrogen-bond acceptors (Lipinski definition) is 2. The zero-order valence-electron chi connectivity index (χ0n) is 15.8. The van der Waals surface area contributed by atoms with E-state index >= 15 is 0 Å². The first-order valence-corrected chi connectivity index (χ1v) is 8.95. The summed E-state index contributed by atoms with van der Waals surface area (Å²) in [6.45, 7) is 10.7. The first-order chi connectivity index (χ1) is 11.3. The minimum absolute atomic E-state index is 0.0821. The summed E-state index contributed by atoms with van der Waals surface area (Å²) >= 11 is 0. The van der Waals surface area contributed by atoms with Crippen molar-refractivity contribution in [2.75, 3.05) is 7.11 Å². The molecular formula is C21H29NO2. The average Bonchev–Trinajstić information content (AvgIpc) is 2.77. The van der Waals surface area contributed by atoms with E-state index in [9.17, 15) is 4.79 Å². The largest absolute Gasteiger partial charge is 0.381 e. The highest BCUT2D eigenvalue weighted by Crippen LogP contribution is 2.44. The van der Waals surface area contributed by atoms with Crippen molar-refractivity contribution < 1.29 is 9.53 Å². The van der Waals surface area contributed by atoms with Crippen LogP contribution in [0, 0.1) is 27.7 Å². The van der Waals surface area contributed by atoms with E-state index in [-0.39, 0.29) is 17.6 Å². The van der Waals surface area contributed by atoms with Crippen LogP contribution in [-0.4, -0.2) is 24.7 Å². The SMILES string of the molecule is COC1CCCC2(C1)NC(=O)C(c1c(C)cc(C)c(C)c1C)=C2C. The van der Waals surface area contributed by atoms with Gasteiger partial charge in [-0.15, -0.1) is 0 Å². The lowest BCUT2D eigenvalue weighted by atomic mass is 9.75. The first kappa shape index (κ1) is 17.2. The number of carbonyl (C=O) groups excluding carboxylic acids is 1. The fourth-order valence-corrected chi connectivity index (χ4v) is 4.63. The topological polar surface area (TPSA) is 38.3 Å². The van der Waals surface area contributed by atoms with E-state index in [4.69, 9.17) is 4.74 Å². The number of nitrogens with one attached hydrogen (secondary N) is 1. The van der Waals surface area contributed by atoms with Crippen molar-refractivity contribution in [3.05, 3.63) is 39.5 Å². The molecule has 2 unspecified atom stereocenters. The molecule has 2 atom stereocenters. The lowest BCUT2D eigenvalue weighted by Crippen LogP contribution is -2.49. The van der Waals surface area contributed by atoms with Gasteiger partial charge in [0, 0.05) is 19.1 Å². The lowest BCUT2D eigenvalue weighted by Gasteiger charge is -2.38. The third-order valence-electron chi connectivity index (χ3n) is 6.32. The Balaban J connectivity index is 2.14. The number of amides is 1. The van der Waals surface area contributed by atoms with Crippen LogP contribution in [0.5, 0.6) is 0 Å². The van der Waals surface area contributed by atoms with E-state index < -0.39 is 0 Å². The van der Waals surface area contributed by atoms with E-state index in [2.05, 4.69) is 46.0 Å². The number of rotatable bonds is 2. The highest BCUT2D eigenvalue weighted by atomic mass is 16.5. The van der Waals surface area contributed by atoms with Crippen molar-refractivity contribution >= 4 is 11.5 Å². The Morgan fingerprint density at radius 3 is 2.50 bits per heavy atom. The van der Waals surface area contributed by atoms with Crippen LogP contribution in [-0.2, 0) is 9.53 Å². The maximum Gasteiger partial charge on any atom is 0.252 e. The predicted molar refractivity (Wildman–Crippen MR) is 98.1 cm³/mol. The van der Waals surface area contributed by atoms with E-state index in [0.29, 0.717) is 0 Å². The Hall–Kier alpha value is -1.61. The smallest absolute Gasteiger partial charge is 0.252 e. The standard InChI is InChI=1S/C21H29NO2/c1-12-10-13(2)18(15(4)14(12)3)19-16(5)21(22-20(19)23)9-7-8-17(11-21)24-6/h10,17H,7-9,11H2,1-6H3,(H,22,23). The molecule has 1 amide bonds. The van der Waals surface area contributed by atoms with Gasteiger partial charge in [-0.3, -0.25) is 4.79 Å². The van der Waals surface area contributed by atoms with Crippen molar-refractivity contribution in [1.29, 1.82) is 0 Å². The summed E-state index contributed by atoms with van der Waals surface area (Å²) in [5, 5.41) is 3.33. The summed E-state index contributed by atoms with van der Waals surface area (Å²) in [5.41, 5.74) is 7.99. The Morgan fingerprint density at radius 1 is 1.12 bits per heavy atom. The van der Waals surface area contributed by atoms with Crippen molar-refractivity contribution in [2.45, 2.75) is 71.9 Å². The molecule has 1 fully saturated rings. The van der Waals surface area contributed by atoms with Crippen LogP contribution in [0.25, 0.3) is 5.57 Å². The Bertz CT molecular complexity index is 732. The van der Waals surface area contributed by atoms with Gasteiger partial charge in [-0.05, 0) is 87.3 Å². The highest BCUT2D eigenvalue weighted by molar-refractivity contribution is 6.24. The molecule has 1 aromatic rings. The number of benzene rings is 1. The van der Waals surface area contributed by atoms with Crippen molar-refractivity contribution in [3.8, 4) is 0 Å². The molecule has 1 spiro atoms. The van der Waals surface area contributed by atoms with Crippen LogP contribution in [0.4, 0.5) is 0 Å². The number of carbonyl (C=O) groups is 1. The molecule has 0 aromatic heterocycles. The lowest BCUT2D eigenvalue weighted by molar-refractivity contribution is -0.116. The van der Waals surface area contributed by atoms with E-state index in [0.717, 1.165) is 36.8 Å². The van der Waals surface area contributed by atoms with Gasteiger partial charge in [0.15, 0.2) is 0 Å². The van der Waals surface area contributed by atoms with Crippen LogP contribution in [0.1, 0.15) is 60.4 Å². The first-order valence-electron chi connectivity index (χ1n) is 8.95. The van der Waals surface area contributed by atoms with Gasteiger partial charge in [-0.1, -0.05) is 6.07 Å². The minimum Gasteiger partial charge on any atom is -0.381 e. The molecular weight excluding hydrogens is 298 g/mol. The van der Waals surface area contributed by atoms with Crippen LogP contribution in [0.3, 0.4) is 0 Å². The van der Waals surface area contributed by atoms with E-state index in [1.165, 1.54) is 27.8 Å². The molecule has 2 aliphatic rings. The van der Waals surface area contributed by atoms with Gasteiger partial charge < -0.3 is 10.1 Å². The maximum atomic E-state index is 12.9.